The van der Waals surface area contributed by atoms with Crippen molar-refractivity contribution < 1.29 is 4.74 Å². The van der Waals surface area contributed by atoms with Crippen LogP contribution in [-0.4, -0.2) is 15.0 Å². The van der Waals surface area contributed by atoms with Crippen LogP contribution in [0, 0.1) is 0 Å². The largest absolute Gasteiger partial charge is 0.453 e. The maximum atomic E-state index is 5.58. The highest BCUT2D eigenvalue weighted by Crippen LogP contribution is 2.23. The highest BCUT2D eigenvalue weighted by atomic mass is 32.1. The molecule has 0 aromatic carbocycles. The molecular weight excluding hydrogens is 222 g/mol. The van der Waals surface area contributed by atoms with E-state index in [0.29, 0.717) is 17.1 Å². The standard InChI is InChI=1S/C11H9N3OS/c12-11(16)9-3-5-14-7-10(9)15-8-2-1-4-13-6-8/h1-7H,(H2,12,16). The molecule has 2 N–H and O–H groups in total. The fraction of sp³-hybridized carbons (Fsp3) is 0. The van der Waals surface area contributed by atoms with Crippen molar-refractivity contribution in [1.82, 2.24) is 9.97 Å². The number of nitrogens with zero attached hydrogens (tertiary/aromatic N) is 2. The monoisotopic (exact) mass is 231 g/mol. The molecule has 2 rings (SSSR count). The second-order valence-corrected chi connectivity index (χ2v) is 3.47. The molecule has 0 radical (unpaired) electrons. The lowest BCUT2D eigenvalue weighted by atomic mass is 10.2. The Hall–Kier alpha value is -2.01. The Morgan fingerprint density at radius 2 is 2.00 bits per heavy atom. The zero-order valence-corrected chi connectivity index (χ0v) is 9.15. The second-order valence-electron chi connectivity index (χ2n) is 3.03. The van der Waals surface area contributed by atoms with E-state index in [1.54, 1.807) is 43.0 Å². The molecule has 5 heteroatoms. The summed E-state index contributed by atoms with van der Waals surface area (Å²) in [6, 6.07) is 5.30. The van der Waals surface area contributed by atoms with Gasteiger partial charge in [-0.25, -0.2) is 0 Å². The van der Waals surface area contributed by atoms with Crippen molar-refractivity contribution >= 4 is 17.2 Å². The van der Waals surface area contributed by atoms with Gasteiger partial charge in [-0.2, -0.15) is 0 Å². The van der Waals surface area contributed by atoms with Gasteiger partial charge in [-0.05, 0) is 18.2 Å². The Morgan fingerprint density at radius 3 is 2.69 bits per heavy atom. The van der Waals surface area contributed by atoms with E-state index in [-0.39, 0.29) is 4.99 Å². The lowest BCUT2D eigenvalue weighted by molar-refractivity contribution is 0.477. The van der Waals surface area contributed by atoms with Crippen LogP contribution in [0.2, 0.25) is 0 Å². The Balaban J connectivity index is 2.31. The van der Waals surface area contributed by atoms with Crippen molar-refractivity contribution in [3.8, 4) is 11.5 Å². The van der Waals surface area contributed by atoms with E-state index in [0.717, 1.165) is 0 Å². The zero-order valence-electron chi connectivity index (χ0n) is 8.33. The number of ether oxygens (including phenoxy) is 1. The van der Waals surface area contributed by atoms with Crippen LogP contribution >= 0.6 is 12.2 Å². The third-order valence-corrected chi connectivity index (χ3v) is 2.13. The minimum atomic E-state index is 0.279. The van der Waals surface area contributed by atoms with Crippen LogP contribution < -0.4 is 10.5 Å². The predicted molar refractivity (Wildman–Crippen MR) is 64.4 cm³/mol. The number of rotatable bonds is 3. The number of hydrogen-bond acceptors (Lipinski definition) is 4. The SMILES string of the molecule is NC(=S)c1ccncc1Oc1cccnc1. The van der Waals surface area contributed by atoms with E-state index >= 15 is 0 Å². The summed E-state index contributed by atoms with van der Waals surface area (Å²) < 4.78 is 5.58. The van der Waals surface area contributed by atoms with E-state index in [2.05, 4.69) is 9.97 Å². The first-order chi connectivity index (χ1) is 7.77. The van der Waals surface area contributed by atoms with Gasteiger partial charge in [-0.15, -0.1) is 0 Å². The van der Waals surface area contributed by atoms with Gasteiger partial charge in [0.05, 0.1) is 18.0 Å². The summed E-state index contributed by atoms with van der Waals surface area (Å²) in [6.45, 7) is 0. The molecule has 16 heavy (non-hydrogen) atoms. The molecule has 2 aromatic rings. The van der Waals surface area contributed by atoms with E-state index in [1.165, 1.54) is 0 Å². The third-order valence-electron chi connectivity index (χ3n) is 1.91. The minimum absolute atomic E-state index is 0.279. The average molecular weight is 231 g/mol. The molecule has 0 aliphatic carbocycles. The van der Waals surface area contributed by atoms with Crippen LogP contribution in [0.1, 0.15) is 5.56 Å². The van der Waals surface area contributed by atoms with Crippen LogP contribution in [-0.2, 0) is 0 Å². The molecule has 0 unspecified atom stereocenters. The topological polar surface area (TPSA) is 61.0 Å². The number of pyridine rings is 2. The van der Waals surface area contributed by atoms with Gasteiger partial charge in [0.15, 0.2) is 5.75 Å². The molecule has 0 atom stereocenters. The smallest absolute Gasteiger partial charge is 0.155 e. The Bertz CT molecular complexity index is 502. The van der Waals surface area contributed by atoms with Gasteiger partial charge in [0, 0.05) is 12.4 Å². The number of aromatic nitrogens is 2. The molecule has 0 amide bonds. The quantitative estimate of drug-likeness (QED) is 0.817. The first-order valence-electron chi connectivity index (χ1n) is 4.59. The summed E-state index contributed by atoms with van der Waals surface area (Å²) in [6.07, 6.45) is 6.47. The number of hydrogen-bond donors (Lipinski definition) is 1. The van der Waals surface area contributed by atoms with Gasteiger partial charge in [0.2, 0.25) is 0 Å². The Labute approximate surface area is 98.1 Å². The highest BCUT2D eigenvalue weighted by molar-refractivity contribution is 7.80. The molecular formula is C11H9N3OS. The molecule has 0 spiro atoms. The summed E-state index contributed by atoms with van der Waals surface area (Å²) in [5, 5.41) is 0. The molecule has 0 aliphatic rings. The minimum Gasteiger partial charge on any atom is -0.453 e. The van der Waals surface area contributed by atoms with Crippen molar-refractivity contribution in [2.45, 2.75) is 0 Å². The van der Waals surface area contributed by atoms with Crippen LogP contribution in [0.15, 0.2) is 43.0 Å². The second kappa shape index (κ2) is 4.67. The van der Waals surface area contributed by atoms with E-state index in [4.69, 9.17) is 22.7 Å². The first-order valence-corrected chi connectivity index (χ1v) is 5.00. The Morgan fingerprint density at radius 1 is 1.19 bits per heavy atom. The fourth-order valence-corrected chi connectivity index (χ4v) is 1.37. The summed E-state index contributed by atoms with van der Waals surface area (Å²) in [5.41, 5.74) is 6.24. The van der Waals surface area contributed by atoms with Gasteiger partial charge in [0.25, 0.3) is 0 Å². The van der Waals surface area contributed by atoms with Crippen LogP contribution in [0.5, 0.6) is 11.5 Å². The maximum Gasteiger partial charge on any atom is 0.155 e. The molecule has 80 valence electrons. The van der Waals surface area contributed by atoms with Gasteiger partial charge < -0.3 is 10.5 Å². The zero-order chi connectivity index (χ0) is 11.4. The molecule has 0 saturated carbocycles. The van der Waals surface area contributed by atoms with Gasteiger partial charge in [-0.3, -0.25) is 9.97 Å². The first kappa shape index (κ1) is 10.5. The van der Waals surface area contributed by atoms with Crippen LogP contribution in [0.4, 0.5) is 0 Å². The van der Waals surface area contributed by atoms with Crippen LogP contribution in [0.3, 0.4) is 0 Å². The third kappa shape index (κ3) is 2.32. The van der Waals surface area contributed by atoms with E-state index in [1.807, 2.05) is 0 Å². The van der Waals surface area contributed by atoms with Crippen molar-refractivity contribution in [2.75, 3.05) is 0 Å². The summed E-state index contributed by atoms with van der Waals surface area (Å²) in [7, 11) is 0. The summed E-state index contributed by atoms with van der Waals surface area (Å²) in [5.74, 6) is 1.15. The van der Waals surface area contributed by atoms with Crippen molar-refractivity contribution in [3.63, 3.8) is 0 Å². The summed E-state index contributed by atoms with van der Waals surface area (Å²) >= 11 is 4.92. The van der Waals surface area contributed by atoms with Gasteiger partial charge >= 0.3 is 0 Å². The maximum absolute atomic E-state index is 5.58. The number of nitrogens with two attached hydrogens (primary N) is 1. The lowest BCUT2D eigenvalue weighted by Crippen LogP contribution is -2.10. The predicted octanol–water partition coefficient (Wildman–Crippen LogP) is 1.90. The van der Waals surface area contributed by atoms with Gasteiger partial charge in [0.1, 0.15) is 10.7 Å². The van der Waals surface area contributed by atoms with Crippen LogP contribution in [0.25, 0.3) is 0 Å². The number of thiocarbonyl (C=S) groups is 1. The molecule has 0 saturated heterocycles. The molecule has 0 bridgehead atoms. The molecule has 2 aromatic heterocycles. The molecule has 0 aliphatic heterocycles. The van der Waals surface area contributed by atoms with Crippen molar-refractivity contribution in [2.24, 2.45) is 5.73 Å². The van der Waals surface area contributed by atoms with E-state index < -0.39 is 0 Å². The van der Waals surface area contributed by atoms with Crippen molar-refractivity contribution in [3.05, 3.63) is 48.5 Å². The average Bonchev–Trinajstić information content (AvgIpc) is 2.31. The fourth-order valence-electron chi connectivity index (χ4n) is 1.20. The van der Waals surface area contributed by atoms with Crippen molar-refractivity contribution in [1.29, 1.82) is 0 Å². The van der Waals surface area contributed by atoms with E-state index in [9.17, 15) is 0 Å². The molecule has 2 heterocycles. The van der Waals surface area contributed by atoms with Gasteiger partial charge in [-0.1, -0.05) is 12.2 Å². The lowest BCUT2D eigenvalue weighted by Gasteiger charge is -2.08. The molecule has 4 nitrogen and oxygen atoms in total. The highest BCUT2D eigenvalue weighted by Gasteiger charge is 2.06. The normalized spacial score (nSPS) is 9.75. The summed E-state index contributed by atoms with van der Waals surface area (Å²) in [4.78, 5) is 8.19. The molecule has 0 fully saturated rings. The Kier molecular flexibility index (Phi) is 3.07.